The Bertz CT molecular complexity index is 588. The molecule has 1 heterocycles. The van der Waals surface area contributed by atoms with E-state index in [0.717, 1.165) is 24.4 Å². The Labute approximate surface area is 118 Å². The van der Waals surface area contributed by atoms with Crippen LogP contribution in [-0.2, 0) is 6.54 Å². The lowest BCUT2D eigenvalue weighted by Crippen LogP contribution is -2.25. The molecule has 0 bridgehead atoms. The molecule has 2 N–H and O–H groups in total. The summed E-state index contributed by atoms with van der Waals surface area (Å²) in [5.74, 6) is 0.0319. The zero-order chi connectivity index (χ0) is 14.5. The maximum Gasteiger partial charge on any atom is 0.251 e. The molecule has 1 aromatic carbocycles. The topological polar surface area (TPSA) is 67.2 Å². The number of aromatic nitrogens is 2. The minimum Gasteiger partial charge on any atom is -0.508 e. The highest BCUT2D eigenvalue weighted by Crippen LogP contribution is 2.09. The first kappa shape index (κ1) is 14.1. The lowest BCUT2D eigenvalue weighted by molar-refractivity contribution is 0.0952. The molecule has 0 aliphatic carbocycles. The summed E-state index contributed by atoms with van der Waals surface area (Å²) in [7, 11) is 0. The van der Waals surface area contributed by atoms with Gasteiger partial charge in [0, 0.05) is 24.3 Å². The molecule has 106 valence electrons. The number of carbonyl (C=O) groups excluding carboxylic acids is 1. The lowest BCUT2D eigenvalue weighted by Gasteiger charge is -2.07. The molecule has 0 saturated heterocycles. The Kier molecular flexibility index (Phi) is 4.40. The quantitative estimate of drug-likeness (QED) is 0.819. The number of benzene rings is 1. The summed E-state index contributed by atoms with van der Waals surface area (Å²) in [6.07, 6.45) is 0.825. The number of hydrogen-bond donors (Lipinski definition) is 2. The summed E-state index contributed by atoms with van der Waals surface area (Å²) in [6.45, 7) is 5.37. The van der Waals surface area contributed by atoms with Crippen molar-refractivity contribution in [2.75, 3.05) is 6.54 Å². The molecule has 1 aromatic heterocycles. The standard InChI is InChI=1S/C15H19N3O2/c1-11-10-12(2)18(17-11)9-3-8-16-15(20)13-4-6-14(19)7-5-13/h4-7,10,19H,3,8-9H2,1-2H3,(H,16,20). The maximum absolute atomic E-state index is 11.8. The fraction of sp³-hybridized carbons (Fsp3) is 0.333. The first-order chi connectivity index (χ1) is 9.56. The van der Waals surface area contributed by atoms with E-state index in [-0.39, 0.29) is 11.7 Å². The third-order valence-corrected chi connectivity index (χ3v) is 3.07. The summed E-state index contributed by atoms with van der Waals surface area (Å²) in [6, 6.07) is 8.25. The summed E-state index contributed by atoms with van der Waals surface area (Å²) in [5.41, 5.74) is 2.69. The molecule has 5 heteroatoms. The highest BCUT2D eigenvalue weighted by Gasteiger charge is 2.05. The average molecular weight is 273 g/mol. The predicted octanol–water partition coefficient (Wildman–Crippen LogP) is 2.03. The molecule has 0 radical (unpaired) electrons. The van der Waals surface area contributed by atoms with Crippen LogP contribution in [0.3, 0.4) is 0 Å². The summed E-state index contributed by atoms with van der Waals surface area (Å²) >= 11 is 0. The van der Waals surface area contributed by atoms with Gasteiger partial charge in [-0.3, -0.25) is 9.48 Å². The molecule has 0 spiro atoms. The maximum atomic E-state index is 11.8. The first-order valence-electron chi connectivity index (χ1n) is 6.64. The molecule has 0 saturated carbocycles. The molecule has 0 fully saturated rings. The van der Waals surface area contributed by atoms with Crippen molar-refractivity contribution < 1.29 is 9.90 Å². The third-order valence-electron chi connectivity index (χ3n) is 3.07. The van der Waals surface area contributed by atoms with Crippen molar-refractivity contribution in [3.63, 3.8) is 0 Å². The Morgan fingerprint density at radius 1 is 1.30 bits per heavy atom. The van der Waals surface area contributed by atoms with Gasteiger partial charge in [0.05, 0.1) is 5.69 Å². The number of amides is 1. The number of nitrogens with one attached hydrogen (secondary N) is 1. The van der Waals surface area contributed by atoms with E-state index in [2.05, 4.69) is 10.4 Å². The van der Waals surface area contributed by atoms with Gasteiger partial charge >= 0.3 is 0 Å². The van der Waals surface area contributed by atoms with Crippen LogP contribution in [0.2, 0.25) is 0 Å². The van der Waals surface area contributed by atoms with Gasteiger partial charge in [-0.2, -0.15) is 5.10 Å². The van der Waals surface area contributed by atoms with Crippen molar-refractivity contribution in [3.8, 4) is 5.75 Å². The van der Waals surface area contributed by atoms with Crippen LogP contribution in [0.4, 0.5) is 0 Å². The second-order valence-corrected chi connectivity index (χ2v) is 4.81. The number of nitrogens with zero attached hydrogens (tertiary/aromatic N) is 2. The van der Waals surface area contributed by atoms with E-state index >= 15 is 0 Å². The largest absolute Gasteiger partial charge is 0.508 e. The van der Waals surface area contributed by atoms with Gasteiger partial charge in [0.25, 0.3) is 5.91 Å². The van der Waals surface area contributed by atoms with E-state index < -0.39 is 0 Å². The monoisotopic (exact) mass is 273 g/mol. The molecule has 20 heavy (non-hydrogen) atoms. The predicted molar refractivity (Wildman–Crippen MR) is 76.8 cm³/mol. The number of phenols is 1. The molecule has 2 rings (SSSR count). The van der Waals surface area contributed by atoms with E-state index in [4.69, 9.17) is 5.11 Å². The third kappa shape index (κ3) is 3.60. The number of hydrogen-bond acceptors (Lipinski definition) is 3. The summed E-state index contributed by atoms with van der Waals surface area (Å²) < 4.78 is 1.95. The number of carbonyl (C=O) groups is 1. The van der Waals surface area contributed by atoms with Gasteiger partial charge in [0.2, 0.25) is 0 Å². The highest BCUT2D eigenvalue weighted by molar-refractivity contribution is 5.94. The van der Waals surface area contributed by atoms with Gasteiger partial charge in [0.15, 0.2) is 0 Å². The smallest absolute Gasteiger partial charge is 0.251 e. The Hall–Kier alpha value is -2.30. The van der Waals surface area contributed by atoms with E-state index in [1.165, 1.54) is 12.1 Å². The van der Waals surface area contributed by atoms with Gasteiger partial charge < -0.3 is 10.4 Å². The van der Waals surface area contributed by atoms with Crippen LogP contribution in [0, 0.1) is 13.8 Å². The number of aromatic hydroxyl groups is 1. The average Bonchev–Trinajstić information content (AvgIpc) is 2.73. The number of phenolic OH excluding ortho intramolecular Hbond substituents is 1. The zero-order valence-electron chi connectivity index (χ0n) is 11.8. The van der Waals surface area contributed by atoms with Crippen LogP contribution in [0.25, 0.3) is 0 Å². The molecule has 0 atom stereocenters. The number of rotatable bonds is 5. The van der Waals surface area contributed by atoms with Crippen molar-refractivity contribution in [1.82, 2.24) is 15.1 Å². The van der Waals surface area contributed by atoms with Gasteiger partial charge in [-0.15, -0.1) is 0 Å². The van der Waals surface area contributed by atoms with Crippen LogP contribution >= 0.6 is 0 Å². The van der Waals surface area contributed by atoms with Gasteiger partial charge in [-0.1, -0.05) is 0 Å². The zero-order valence-corrected chi connectivity index (χ0v) is 11.8. The van der Waals surface area contributed by atoms with Crippen molar-refractivity contribution in [2.24, 2.45) is 0 Å². The fourth-order valence-electron chi connectivity index (χ4n) is 2.05. The van der Waals surface area contributed by atoms with Crippen LogP contribution in [0.5, 0.6) is 5.75 Å². The molecule has 2 aromatic rings. The van der Waals surface area contributed by atoms with Crippen molar-refractivity contribution in [2.45, 2.75) is 26.8 Å². The second kappa shape index (κ2) is 6.23. The van der Waals surface area contributed by atoms with E-state index in [1.807, 2.05) is 24.6 Å². The minimum absolute atomic E-state index is 0.127. The molecule has 0 unspecified atom stereocenters. The minimum atomic E-state index is -0.127. The summed E-state index contributed by atoms with van der Waals surface area (Å²) in [5, 5.41) is 16.4. The van der Waals surface area contributed by atoms with Gasteiger partial charge in [-0.25, -0.2) is 0 Å². The number of aryl methyl sites for hydroxylation is 3. The Morgan fingerprint density at radius 2 is 2.00 bits per heavy atom. The Morgan fingerprint density at radius 3 is 2.60 bits per heavy atom. The summed E-state index contributed by atoms with van der Waals surface area (Å²) in [4.78, 5) is 11.8. The van der Waals surface area contributed by atoms with Crippen LogP contribution in [-0.4, -0.2) is 27.3 Å². The molecule has 5 nitrogen and oxygen atoms in total. The molecular weight excluding hydrogens is 254 g/mol. The first-order valence-corrected chi connectivity index (χ1v) is 6.64. The van der Waals surface area contributed by atoms with E-state index in [0.29, 0.717) is 12.1 Å². The highest BCUT2D eigenvalue weighted by atomic mass is 16.3. The molecule has 1 amide bonds. The van der Waals surface area contributed by atoms with E-state index in [9.17, 15) is 4.79 Å². The molecular formula is C15H19N3O2. The van der Waals surface area contributed by atoms with Crippen LogP contribution < -0.4 is 5.32 Å². The van der Waals surface area contributed by atoms with Crippen molar-refractivity contribution >= 4 is 5.91 Å². The van der Waals surface area contributed by atoms with Crippen molar-refractivity contribution in [3.05, 3.63) is 47.3 Å². The van der Waals surface area contributed by atoms with Gasteiger partial charge in [0.1, 0.15) is 5.75 Å². The van der Waals surface area contributed by atoms with Crippen molar-refractivity contribution in [1.29, 1.82) is 0 Å². The molecule has 0 aliphatic rings. The van der Waals surface area contributed by atoms with Gasteiger partial charge in [-0.05, 0) is 50.6 Å². The van der Waals surface area contributed by atoms with Crippen LogP contribution in [0.1, 0.15) is 28.2 Å². The fourth-order valence-corrected chi connectivity index (χ4v) is 2.05. The lowest BCUT2D eigenvalue weighted by atomic mass is 10.2. The van der Waals surface area contributed by atoms with Crippen LogP contribution in [0.15, 0.2) is 30.3 Å². The normalized spacial score (nSPS) is 10.5. The second-order valence-electron chi connectivity index (χ2n) is 4.81. The van der Waals surface area contributed by atoms with E-state index in [1.54, 1.807) is 12.1 Å². The SMILES string of the molecule is Cc1cc(C)n(CCCNC(=O)c2ccc(O)cc2)n1. The molecule has 0 aliphatic heterocycles. The Balaban J connectivity index is 1.77.